The minimum absolute atomic E-state index is 0.0365. The Balaban J connectivity index is 1.08. The van der Waals surface area contributed by atoms with Gasteiger partial charge in [-0.25, -0.2) is 0 Å². The van der Waals surface area contributed by atoms with Crippen LogP contribution in [0.25, 0.3) is 88.4 Å². The molecule has 250 valence electrons. The maximum absolute atomic E-state index is 2.43. The third kappa shape index (κ3) is 4.39. The van der Waals surface area contributed by atoms with Crippen LogP contribution >= 0.6 is 0 Å². The smallest absolute Gasteiger partial charge is 0.0547 e. The minimum atomic E-state index is -0.0365. The Labute approximate surface area is 308 Å². The lowest BCUT2D eigenvalue weighted by Gasteiger charge is -2.22. The molecule has 2 heterocycles. The summed E-state index contributed by atoms with van der Waals surface area (Å²) in [4.78, 5) is 0. The van der Waals surface area contributed by atoms with Crippen LogP contribution in [-0.2, 0) is 5.41 Å². The number of nitrogens with zero attached hydrogens (tertiary/aromatic N) is 2. The van der Waals surface area contributed by atoms with Gasteiger partial charge < -0.3 is 9.13 Å². The third-order valence-electron chi connectivity index (χ3n) is 11.7. The number of hydrogen-bond acceptors (Lipinski definition) is 0. The van der Waals surface area contributed by atoms with Gasteiger partial charge in [-0.15, -0.1) is 0 Å². The molecule has 0 saturated carbocycles. The molecule has 0 unspecified atom stereocenters. The standard InChI is InChI=1S/C51H36N2/c1-51(2)45-19-11-9-17-39(45)40-25-21-35(31-46(40)51)33-23-28-49-44(29-33)42-26-22-36(32-50(42)53(49)38-15-7-4-8-16-38)34-24-27-48-43(30-34)41-18-10-12-20-47(41)52(48)37-13-5-3-6-14-37/h3-32H,1-2H3. The highest BCUT2D eigenvalue weighted by Crippen LogP contribution is 2.50. The second-order valence-corrected chi connectivity index (χ2v) is 15.0. The van der Waals surface area contributed by atoms with Crippen LogP contribution in [0.15, 0.2) is 182 Å². The molecule has 0 saturated heterocycles. The lowest BCUT2D eigenvalue weighted by Crippen LogP contribution is -2.14. The van der Waals surface area contributed by atoms with E-state index in [0.717, 1.165) is 5.69 Å². The fourth-order valence-corrected chi connectivity index (χ4v) is 9.13. The van der Waals surface area contributed by atoms with Gasteiger partial charge in [-0.3, -0.25) is 0 Å². The molecule has 2 nitrogen and oxygen atoms in total. The zero-order valence-corrected chi connectivity index (χ0v) is 29.7. The van der Waals surface area contributed by atoms with Crippen LogP contribution in [0.1, 0.15) is 25.0 Å². The highest BCUT2D eigenvalue weighted by atomic mass is 15.0. The van der Waals surface area contributed by atoms with Crippen LogP contribution in [0.4, 0.5) is 0 Å². The number of rotatable bonds is 4. The van der Waals surface area contributed by atoms with Gasteiger partial charge in [0.05, 0.1) is 22.1 Å². The molecule has 8 aromatic carbocycles. The predicted molar refractivity (Wildman–Crippen MR) is 224 cm³/mol. The van der Waals surface area contributed by atoms with Crippen LogP contribution in [0.5, 0.6) is 0 Å². The summed E-state index contributed by atoms with van der Waals surface area (Å²) in [5, 5.41) is 5.04. The van der Waals surface area contributed by atoms with Gasteiger partial charge in [-0.1, -0.05) is 129 Å². The molecular weight excluding hydrogens is 641 g/mol. The average Bonchev–Trinajstić information content (AvgIpc) is 3.80. The second kappa shape index (κ2) is 11.2. The van der Waals surface area contributed by atoms with Crippen molar-refractivity contribution in [3.8, 4) is 44.8 Å². The van der Waals surface area contributed by atoms with E-state index in [1.165, 1.54) is 93.8 Å². The number of benzene rings is 8. The van der Waals surface area contributed by atoms with E-state index in [0.29, 0.717) is 0 Å². The molecule has 0 fully saturated rings. The predicted octanol–water partition coefficient (Wildman–Crippen LogP) is 13.5. The van der Waals surface area contributed by atoms with Crippen LogP contribution < -0.4 is 0 Å². The highest BCUT2D eigenvalue weighted by molar-refractivity contribution is 6.13. The van der Waals surface area contributed by atoms with Crippen molar-refractivity contribution in [2.75, 3.05) is 0 Å². The van der Waals surface area contributed by atoms with Gasteiger partial charge in [0.2, 0.25) is 0 Å². The zero-order chi connectivity index (χ0) is 35.3. The first-order valence-electron chi connectivity index (χ1n) is 18.5. The summed E-state index contributed by atoms with van der Waals surface area (Å²) in [5.74, 6) is 0. The number of fused-ring (bicyclic) bond motifs is 9. The minimum Gasteiger partial charge on any atom is -0.309 e. The van der Waals surface area contributed by atoms with Crippen molar-refractivity contribution in [2.45, 2.75) is 19.3 Å². The first-order valence-corrected chi connectivity index (χ1v) is 18.5. The van der Waals surface area contributed by atoms with E-state index in [4.69, 9.17) is 0 Å². The monoisotopic (exact) mass is 676 g/mol. The molecular formula is C51H36N2. The Morgan fingerprint density at radius 3 is 1.49 bits per heavy atom. The van der Waals surface area contributed by atoms with Crippen molar-refractivity contribution in [3.63, 3.8) is 0 Å². The molecule has 1 aliphatic carbocycles. The van der Waals surface area contributed by atoms with Crippen molar-refractivity contribution >= 4 is 43.6 Å². The molecule has 0 bridgehead atoms. The van der Waals surface area contributed by atoms with Gasteiger partial charge in [-0.2, -0.15) is 0 Å². The van der Waals surface area contributed by atoms with E-state index in [2.05, 4.69) is 205 Å². The summed E-state index contributed by atoms with van der Waals surface area (Å²) in [6, 6.07) is 67.1. The number of aromatic nitrogens is 2. The third-order valence-corrected chi connectivity index (χ3v) is 11.7. The normalized spacial score (nSPS) is 13.2. The summed E-state index contributed by atoms with van der Waals surface area (Å²) in [7, 11) is 0. The van der Waals surface area contributed by atoms with E-state index in [1.807, 2.05) is 0 Å². The van der Waals surface area contributed by atoms with Gasteiger partial charge in [0.25, 0.3) is 0 Å². The van der Waals surface area contributed by atoms with Gasteiger partial charge in [0.15, 0.2) is 0 Å². The molecule has 53 heavy (non-hydrogen) atoms. The number of hydrogen-bond donors (Lipinski definition) is 0. The summed E-state index contributed by atoms with van der Waals surface area (Å²) in [5.41, 5.74) is 17.6. The Kier molecular flexibility index (Phi) is 6.33. The van der Waals surface area contributed by atoms with Crippen LogP contribution in [0.3, 0.4) is 0 Å². The summed E-state index contributed by atoms with van der Waals surface area (Å²) in [6.45, 7) is 4.71. The van der Waals surface area contributed by atoms with Crippen LogP contribution in [0.2, 0.25) is 0 Å². The van der Waals surface area contributed by atoms with Crippen molar-refractivity contribution in [2.24, 2.45) is 0 Å². The molecule has 1 aliphatic rings. The Morgan fingerprint density at radius 2 is 0.792 bits per heavy atom. The summed E-state index contributed by atoms with van der Waals surface area (Å²) in [6.07, 6.45) is 0. The highest BCUT2D eigenvalue weighted by Gasteiger charge is 2.35. The molecule has 2 heteroatoms. The van der Waals surface area contributed by atoms with E-state index >= 15 is 0 Å². The SMILES string of the molecule is CC1(C)c2ccccc2-c2ccc(-c3ccc4c(c3)c3ccc(-c5ccc6c(c5)c5ccccc5n6-c5ccccc5)cc3n4-c3ccccc3)cc21. The Hall–Kier alpha value is -6.64. The average molecular weight is 677 g/mol. The van der Waals surface area contributed by atoms with Crippen molar-refractivity contribution in [1.82, 2.24) is 9.13 Å². The topological polar surface area (TPSA) is 9.86 Å². The summed E-state index contributed by atoms with van der Waals surface area (Å²) >= 11 is 0. The zero-order valence-electron chi connectivity index (χ0n) is 29.7. The maximum atomic E-state index is 2.43. The lowest BCUT2D eigenvalue weighted by molar-refractivity contribution is 0.660. The van der Waals surface area contributed by atoms with E-state index in [-0.39, 0.29) is 5.41 Å². The molecule has 11 rings (SSSR count). The summed E-state index contributed by atoms with van der Waals surface area (Å²) < 4.78 is 4.81. The Bertz CT molecular complexity index is 3070. The largest absolute Gasteiger partial charge is 0.309 e. The van der Waals surface area contributed by atoms with Crippen molar-refractivity contribution in [1.29, 1.82) is 0 Å². The molecule has 0 spiro atoms. The molecule has 2 aromatic heterocycles. The molecule has 0 aliphatic heterocycles. The molecule has 0 N–H and O–H groups in total. The van der Waals surface area contributed by atoms with Crippen molar-refractivity contribution in [3.05, 3.63) is 193 Å². The molecule has 0 amide bonds. The fraction of sp³-hybridized carbons (Fsp3) is 0.0588. The first-order chi connectivity index (χ1) is 26.0. The Morgan fingerprint density at radius 1 is 0.321 bits per heavy atom. The van der Waals surface area contributed by atoms with Gasteiger partial charge >= 0.3 is 0 Å². The second-order valence-electron chi connectivity index (χ2n) is 15.0. The fourth-order valence-electron chi connectivity index (χ4n) is 9.13. The van der Waals surface area contributed by atoms with Gasteiger partial charge in [0, 0.05) is 38.3 Å². The van der Waals surface area contributed by atoms with E-state index < -0.39 is 0 Å². The van der Waals surface area contributed by atoms with Gasteiger partial charge in [0.1, 0.15) is 0 Å². The maximum Gasteiger partial charge on any atom is 0.0547 e. The van der Waals surface area contributed by atoms with E-state index in [1.54, 1.807) is 0 Å². The molecule has 0 radical (unpaired) electrons. The lowest BCUT2D eigenvalue weighted by atomic mass is 9.81. The number of para-hydroxylation sites is 3. The van der Waals surface area contributed by atoms with Crippen molar-refractivity contribution < 1.29 is 0 Å². The quantitative estimate of drug-likeness (QED) is 0.176. The van der Waals surface area contributed by atoms with Crippen LogP contribution in [0, 0.1) is 0 Å². The van der Waals surface area contributed by atoms with E-state index in [9.17, 15) is 0 Å². The first kappa shape index (κ1) is 30.0. The van der Waals surface area contributed by atoms with Gasteiger partial charge in [-0.05, 0) is 111 Å². The molecule has 0 atom stereocenters. The molecule has 10 aromatic rings. The van der Waals surface area contributed by atoms with Crippen LogP contribution in [-0.4, -0.2) is 9.13 Å².